The summed E-state index contributed by atoms with van der Waals surface area (Å²) in [4.78, 5) is 25.4. The van der Waals surface area contributed by atoms with Crippen LogP contribution in [-0.2, 0) is 19.1 Å². The summed E-state index contributed by atoms with van der Waals surface area (Å²) in [7, 11) is 0. The van der Waals surface area contributed by atoms with Crippen molar-refractivity contribution in [3.63, 3.8) is 0 Å². The summed E-state index contributed by atoms with van der Waals surface area (Å²) < 4.78 is 10.7. The molecule has 1 atom stereocenters. The first-order valence-corrected chi connectivity index (χ1v) is 8.75. The molecule has 5 nitrogen and oxygen atoms in total. The summed E-state index contributed by atoms with van der Waals surface area (Å²) in [5.41, 5.74) is -1.22. The second-order valence-corrected chi connectivity index (χ2v) is 7.82. The Morgan fingerprint density at radius 2 is 1.29 bits per heavy atom. The van der Waals surface area contributed by atoms with E-state index in [2.05, 4.69) is 0 Å². The standard InChI is InChI=1S/C19H33NO4/c1-12(2)10-23-17(21)16(9-20)19(14(5)6,15(7)8)18(22)24-11-13(3)4/h12-16H,10-11H2,1-8H3. The molecule has 0 amide bonds. The Kier molecular flexibility index (Phi) is 9.03. The first kappa shape index (κ1) is 22.4. The van der Waals surface area contributed by atoms with Gasteiger partial charge in [-0.15, -0.1) is 0 Å². The average molecular weight is 339 g/mol. The quantitative estimate of drug-likeness (QED) is 0.597. The number of hydrogen-bond acceptors (Lipinski definition) is 5. The lowest BCUT2D eigenvalue weighted by molar-refractivity contribution is -0.176. The molecule has 0 bridgehead atoms. The Morgan fingerprint density at radius 3 is 1.62 bits per heavy atom. The van der Waals surface area contributed by atoms with Crippen LogP contribution in [0.2, 0.25) is 0 Å². The minimum absolute atomic E-state index is 0.161. The van der Waals surface area contributed by atoms with Crippen molar-refractivity contribution in [2.24, 2.45) is 35.0 Å². The normalized spacial score (nSPS) is 13.3. The van der Waals surface area contributed by atoms with Gasteiger partial charge in [-0.1, -0.05) is 55.4 Å². The molecule has 0 aliphatic heterocycles. The van der Waals surface area contributed by atoms with Crippen LogP contribution in [0.3, 0.4) is 0 Å². The molecule has 24 heavy (non-hydrogen) atoms. The number of nitriles is 1. The zero-order chi connectivity index (χ0) is 19.1. The summed E-state index contributed by atoms with van der Waals surface area (Å²) in [5.74, 6) is -2.46. The molecule has 0 aromatic heterocycles. The van der Waals surface area contributed by atoms with Crippen LogP contribution in [-0.4, -0.2) is 25.2 Å². The van der Waals surface area contributed by atoms with Crippen molar-refractivity contribution in [2.75, 3.05) is 13.2 Å². The van der Waals surface area contributed by atoms with E-state index in [0.29, 0.717) is 0 Å². The maximum absolute atomic E-state index is 12.9. The van der Waals surface area contributed by atoms with E-state index in [1.807, 2.05) is 61.5 Å². The zero-order valence-corrected chi connectivity index (χ0v) is 16.4. The maximum atomic E-state index is 12.9. The van der Waals surface area contributed by atoms with Crippen LogP contribution >= 0.6 is 0 Å². The number of hydrogen-bond donors (Lipinski definition) is 0. The largest absolute Gasteiger partial charge is 0.465 e. The first-order valence-electron chi connectivity index (χ1n) is 8.75. The van der Waals surface area contributed by atoms with E-state index < -0.39 is 23.3 Å². The van der Waals surface area contributed by atoms with Crippen LogP contribution in [0.1, 0.15) is 55.4 Å². The summed E-state index contributed by atoms with van der Waals surface area (Å²) in [6.45, 7) is 15.6. The SMILES string of the molecule is CC(C)COC(=O)C(C#N)C(C(=O)OCC(C)C)(C(C)C)C(C)C. The van der Waals surface area contributed by atoms with Gasteiger partial charge in [0.1, 0.15) is 0 Å². The van der Waals surface area contributed by atoms with Gasteiger partial charge in [-0.3, -0.25) is 9.59 Å². The van der Waals surface area contributed by atoms with Crippen LogP contribution in [0, 0.1) is 46.3 Å². The van der Waals surface area contributed by atoms with Gasteiger partial charge in [-0.25, -0.2) is 0 Å². The molecule has 0 rings (SSSR count). The number of carbonyl (C=O) groups excluding carboxylic acids is 2. The fourth-order valence-corrected chi connectivity index (χ4v) is 2.98. The zero-order valence-electron chi connectivity index (χ0n) is 16.4. The van der Waals surface area contributed by atoms with Crippen LogP contribution in [0.25, 0.3) is 0 Å². The fourth-order valence-electron chi connectivity index (χ4n) is 2.98. The molecule has 5 heteroatoms. The number of esters is 2. The number of rotatable bonds is 9. The third-order valence-electron chi connectivity index (χ3n) is 4.21. The topological polar surface area (TPSA) is 76.4 Å². The molecule has 0 saturated heterocycles. The van der Waals surface area contributed by atoms with E-state index >= 15 is 0 Å². The van der Waals surface area contributed by atoms with Crippen molar-refractivity contribution in [1.82, 2.24) is 0 Å². The van der Waals surface area contributed by atoms with Gasteiger partial charge >= 0.3 is 11.9 Å². The van der Waals surface area contributed by atoms with Crippen LogP contribution < -0.4 is 0 Å². The summed E-state index contributed by atoms with van der Waals surface area (Å²) in [6, 6.07) is 2.02. The summed E-state index contributed by atoms with van der Waals surface area (Å²) >= 11 is 0. The Bertz CT molecular complexity index is 452. The average Bonchev–Trinajstić information content (AvgIpc) is 2.46. The fraction of sp³-hybridized carbons (Fsp3) is 0.842. The van der Waals surface area contributed by atoms with Crippen molar-refractivity contribution in [2.45, 2.75) is 55.4 Å². The summed E-state index contributed by atoms with van der Waals surface area (Å²) in [5, 5.41) is 9.66. The molecule has 0 aliphatic carbocycles. The predicted octanol–water partition coefficient (Wildman–Crippen LogP) is 3.82. The van der Waals surface area contributed by atoms with Crippen LogP contribution in [0.15, 0.2) is 0 Å². The Hall–Kier alpha value is -1.57. The lowest BCUT2D eigenvalue weighted by atomic mass is 9.61. The van der Waals surface area contributed by atoms with E-state index in [1.165, 1.54) is 0 Å². The Balaban J connectivity index is 5.77. The number of nitrogens with zero attached hydrogens (tertiary/aromatic N) is 1. The van der Waals surface area contributed by atoms with E-state index in [4.69, 9.17) is 9.47 Å². The van der Waals surface area contributed by atoms with Gasteiger partial charge < -0.3 is 9.47 Å². The lowest BCUT2D eigenvalue weighted by Crippen LogP contribution is -2.51. The highest BCUT2D eigenvalue weighted by atomic mass is 16.5. The van der Waals surface area contributed by atoms with Gasteiger partial charge in [0.05, 0.1) is 24.7 Å². The minimum Gasteiger partial charge on any atom is -0.465 e. The molecule has 0 radical (unpaired) electrons. The molecule has 0 saturated carbocycles. The third-order valence-corrected chi connectivity index (χ3v) is 4.21. The molecule has 0 fully saturated rings. The highest BCUT2D eigenvalue weighted by Crippen LogP contribution is 2.45. The van der Waals surface area contributed by atoms with Gasteiger partial charge in [0.25, 0.3) is 0 Å². The van der Waals surface area contributed by atoms with Gasteiger partial charge in [-0.2, -0.15) is 5.26 Å². The minimum atomic E-state index is -1.22. The molecule has 0 heterocycles. The van der Waals surface area contributed by atoms with E-state index in [0.717, 1.165) is 0 Å². The van der Waals surface area contributed by atoms with Gasteiger partial charge in [0.2, 0.25) is 0 Å². The van der Waals surface area contributed by atoms with E-state index in [1.54, 1.807) is 0 Å². The van der Waals surface area contributed by atoms with Crippen molar-refractivity contribution >= 4 is 11.9 Å². The first-order chi connectivity index (χ1) is 11.0. The molecule has 138 valence electrons. The number of carbonyl (C=O) groups is 2. The third kappa shape index (κ3) is 5.22. The van der Waals surface area contributed by atoms with Gasteiger partial charge in [0.15, 0.2) is 5.92 Å². The molecule has 0 aromatic rings. The Morgan fingerprint density at radius 1 is 0.875 bits per heavy atom. The second kappa shape index (κ2) is 9.66. The predicted molar refractivity (Wildman–Crippen MR) is 92.8 cm³/mol. The molecule has 1 unspecified atom stereocenters. The molecular formula is C19H33NO4. The van der Waals surface area contributed by atoms with Crippen molar-refractivity contribution in [3.8, 4) is 6.07 Å². The van der Waals surface area contributed by atoms with Crippen molar-refractivity contribution in [3.05, 3.63) is 0 Å². The van der Waals surface area contributed by atoms with E-state index in [-0.39, 0.29) is 36.9 Å². The van der Waals surface area contributed by atoms with Gasteiger partial charge in [0, 0.05) is 0 Å². The molecular weight excluding hydrogens is 306 g/mol. The maximum Gasteiger partial charge on any atom is 0.324 e. The van der Waals surface area contributed by atoms with Crippen molar-refractivity contribution in [1.29, 1.82) is 5.26 Å². The molecule has 0 spiro atoms. The molecule has 0 aliphatic rings. The highest BCUT2D eigenvalue weighted by molar-refractivity contribution is 5.87. The second-order valence-electron chi connectivity index (χ2n) is 7.82. The Labute approximate surface area is 146 Å². The molecule has 0 aromatic carbocycles. The van der Waals surface area contributed by atoms with Crippen LogP contribution in [0.4, 0.5) is 0 Å². The highest BCUT2D eigenvalue weighted by Gasteiger charge is 2.56. The lowest BCUT2D eigenvalue weighted by Gasteiger charge is -2.41. The van der Waals surface area contributed by atoms with Gasteiger partial charge in [-0.05, 0) is 23.7 Å². The monoisotopic (exact) mass is 339 g/mol. The molecule has 0 N–H and O–H groups in total. The smallest absolute Gasteiger partial charge is 0.324 e. The van der Waals surface area contributed by atoms with E-state index in [9.17, 15) is 14.9 Å². The van der Waals surface area contributed by atoms with Crippen LogP contribution in [0.5, 0.6) is 0 Å². The summed E-state index contributed by atoms with van der Waals surface area (Å²) in [6.07, 6.45) is 0. The number of ether oxygens (including phenoxy) is 2. The van der Waals surface area contributed by atoms with Crippen molar-refractivity contribution < 1.29 is 19.1 Å².